The minimum atomic E-state index is -0.927. The number of nitrogens with zero attached hydrogens (tertiary/aromatic N) is 1. The number of carbonyl (C=O) groups excluding carboxylic acids is 2. The van der Waals surface area contributed by atoms with Crippen molar-refractivity contribution in [1.29, 1.82) is 0 Å². The Hall–Kier alpha value is -2.86. The van der Waals surface area contributed by atoms with Gasteiger partial charge in [0.2, 0.25) is 0 Å². The monoisotopic (exact) mass is 331 g/mol. The molecule has 23 heavy (non-hydrogen) atoms. The number of amides is 2. The van der Waals surface area contributed by atoms with E-state index in [2.05, 4.69) is 15.8 Å². The molecule has 0 aliphatic rings. The predicted octanol–water partition coefficient (Wildman–Crippen LogP) is 2.44. The fourth-order valence-corrected chi connectivity index (χ4v) is 1.85. The Kier molecular flexibility index (Phi) is 5.32. The number of nitrogens with one attached hydrogen (secondary N) is 2. The van der Waals surface area contributed by atoms with Crippen LogP contribution in [0, 0.1) is 6.92 Å². The van der Waals surface area contributed by atoms with Gasteiger partial charge in [0.25, 0.3) is 0 Å². The number of phenolic OH excluding ortho intramolecular Hbond substituents is 1. The van der Waals surface area contributed by atoms with Gasteiger partial charge >= 0.3 is 11.8 Å². The Morgan fingerprint density at radius 2 is 1.83 bits per heavy atom. The number of benzene rings is 2. The van der Waals surface area contributed by atoms with Gasteiger partial charge in [-0.25, -0.2) is 5.43 Å². The van der Waals surface area contributed by atoms with E-state index < -0.39 is 11.8 Å². The lowest BCUT2D eigenvalue weighted by Crippen LogP contribution is -2.32. The summed E-state index contributed by atoms with van der Waals surface area (Å²) < 4.78 is 0. The Labute approximate surface area is 137 Å². The molecule has 0 radical (unpaired) electrons. The normalized spacial score (nSPS) is 10.5. The summed E-state index contributed by atoms with van der Waals surface area (Å²) in [6, 6.07) is 11.4. The molecule has 2 aromatic rings. The van der Waals surface area contributed by atoms with E-state index in [1.165, 1.54) is 24.4 Å². The molecule has 2 aromatic carbocycles. The van der Waals surface area contributed by atoms with Crippen LogP contribution in [0.2, 0.25) is 5.02 Å². The van der Waals surface area contributed by atoms with Gasteiger partial charge in [-0.1, -0.05) is 29.3 Å². The third-order valence-corrected chi connectivity index (χ3v) is 3.11. The minimum absolute atomic E-state index is 0.0449. The quantitative estimate of drug-likeness (QED) is 0.458. The lowest BCUT2D eigenvalue weighted by Gasteiger charge is -2.04. The van der Waals surface area contributed by atoms with E-state index in [9.17, 15) is 14.7 Å². The van der Waals surface area contributed by atoms with Crippen molar-refractivity contribution < 1.29 is 14.7 Å². The molecule has 0 spiro atoms. The number of anilines is 1. The smallest absolute Gasteiger partial charge is 0.329 e. The van der Waals surface area contributed by atoms with E-state index in [0.717, 1.165) is 5.56 Å². The average molecular weight is 332 g/mol. The number of aryl methyl sites for hydroxylation is 1. The number of hydrazone groups is 1. The van der Waals surface area contributed by atoms with Crippen LogP contribution in [0.5, 0.6) is 5.75 Å². The van der Waals surface area contributed by atoms with E-state index in [1.54, 1.807) is 12.1 Å². The van der Waals surface area contributed by atoms with Crippen LogP contribution in [0.1, 0.15) is 11.1 Å². The van der Waals surface area contributed by atoms with Gasteiger partial charge in [0.05, 0.1) is 6.21 Å². The highest BCUT2D eigenvalue weighted by atomic mass is 35.5. The van der Waals surface area contributed by atoms with Gasteiger partial charge in [-0.2, -0.15) is 5.10 Å². The lowest BCUT2D eigenvalue weighted by atomic mass is 10.2. The van der Waals surface area contributed by atoms with Crippen molar-refractivity contribution in [3.05, 3.63) is 58.6 Å². The van der Waals surface area contributed by atoms with Gasteiger partial charge < -0.3 is 10.4 Å². The molecule has 118 valence electrons. The summed E-state index contributed by atoms with van der Waals surface area (Å²) in [5.74, 6) is -1.82. The summed E-state index contributed by atoms with van der Waals surface area (Å²) >= 11 is 5.79. The lowest BCUT2D eigenvalue weighted by molar-refractivity contribution is -0.136. The van der Waals surface area contributed by atoms with Crippen LogP contribution < -0.4 is 10.7 Å². The molecule has 0 aliphatic carbocycles. The van der Waals surface area contributed by atoms with Gasteiger partial charge in [0, 0.05) is 16.3 Å². The standard InChI is InChI=1S/C16H14ClN3O3/c1-10-2-5-13(6-3-10)19-15(22)16(23)20-18-9-11-8-12(17)4-7-14(11)21/h2-9,21H,1H3,(H,19,22)(H,20,23)/b18-9-. The zero-order valence-electron chi connectivity index (χ0n) is 12.2. The van der Waals surface area contributed by atoms with Crippen molar-refractivity contribution >= 4 is 35.3 Å². The van der Waals surface area contributed by atoms with Crippen LogP contribution in [0.3, 0.4) is 0 Å². The van der Waals surface area contributed by atoms with Crippen LogP contribution in [0.4, 0.5) is 5.69 Å². The van der Waals surface area contributed by atoms with Gasteiger partial charge in [0.15, 0.2) is 0 Å². The third-order valence-electron chi connectivity index (χ3n) is 2.87. The Morgan fingerprint density at radius 3 is 2.52 bits per heavy atom. The number of rotatable bonds is 3. The number of carbonyl (C=O) groups is 2. The van der Waals surface area contributed by atoms with Crippen LogP contribution in [0.25, 0.3) is 0 Å². The second-order valence-corrected chi connectivity index (χ2v) is 5.16. The number of aromatic hydroxyl groups is 1. The average Bonchev–Trinajstić information content (AvgIpc) is 2.52. The van der Waals surface area contributed by atoms with E-state index in [-0.39, 0.29) is 5.75 Å². The maximum Gasteiger partial charge on any atom is 0.329 e. The topological polar surface area (TPSA) is 90.8 Å². The highest BCUT2D eigenvalue weighted by Crippen LogP contribution is 2.19. The Balaban J connectivity index is 1.93. The molecule has 7 heteroatoms. The van der Waals surface area contributed by atoms with Crippen molar-refractivity contribution in [2.75, 3.05) is 5.32 Å². The minimum Gasteiger partial charge on any atom is -0.507 e. The predicted molar refractivity (Wildman–Crippen MR) is 88.7 cm³/mol. The molecular formula is C16H14ClN3O3. The first-order valence-corrected chi connectivity index (χ1v) is 7.03. The van der Waals surface area contributed by atoms with Crippen molar-refractivity contribution in [2.24, 2.45) is 5.10 Å². The number of halogens is 1. The molecule has 2 rings (SSSR count). The van der Waals surface area contributed by atoms with E-state index >= 15 is 0 Å². The molecule has 0 aliphatic heterocycles. The van der Waals surface area contributed by atoms with Gasteiger partial charge in [-0.05, 0) is 37.3 Å². The zero-order chi connectivity index (χ0) is 16.8. The highest BCUT2D eigenvalue weighted by Gasteiger charge is 2.12. The molecular weight excluding hydrogens is 318 g/mol. The SMILES string of the molecule is Cc1ccc(NC(=O)C(=O)N/N=C\c2cc(Cl)ccc2O)cc1. The second-order valence-electron chi connectivity index (χ2n) is 4.72. The molecule has 0 saturated carbocycles. The fourth-order valence-electron chi connectivity index (χ4n) is 1.66. The molecule has 3 N–H and O–H groups in total. The largest absolute Gasteiger partial charge is 0.507 e. The molecule has 0 unspecified atom stereocenters. The summed E-state index contributed by atoms with van der Waals surface area (Å²) in [6.45, 7) is 1.91. The van der Waals surface area contributed by atoms with Gasteiger partial charge in [-0.15, -0.1) is 0 Å². The summed E-state index contributed by atoms with van der Waals surface area (Å²) in [4.78, 5) is 23.3. The second kappa shape index (κ2) is 7.42. The molecule has 0 atom stereocenters. The van der Waals surface area contributed by atoms with Crippen molar-refractivity contribution in [3.8, 4) is 5.75 Å². The third kappa shape index (κ3) is 4.82. The summed E-state index contributed by atoms with van der Waals surface area (Å²) in [6.07, 6.45) is 1.19. The molecule has 0 bridgehead atoms. The van der Waals surface area contributed by atoms with Crippen molar-refractivity contribution in [1.82, 2.24) is 5.43 Å². The summed E-state index contributed by atoms with van der Waals surface area (Å²) in [7, 11) is 0. The molecule has 0 heterocycles. The van der Waals surface area contributed by atoms with Gasteiger partial charge in [-0.3, -0.25) is 9.59 Å². The molecule has 0 aromatic heterocycles. The number of hydrogen-bond acceptors (Lipinski definition) is 4. The van der Waals surface area contributed by atoms with Gasteiger partial charge in [0.1, 0.15) is 5.75 Å². The van der Waals surface area contributed by atoms with Crippen LogP contribution in [-0.2, 0) is 9.59 Å². The molecule has 2 amide bonds. The number of hydrogen-bond donors (Lipinski definition) is 3. The van der Waals surface area contributed by atoms with E-state index in [1.807, 2.05) is 19.1 Å². The van der Waals surface area contributed by atoms with Crippen LogP contribution in [0.15, 0.2) is 47.6 Å². The van der Waals surface area contributed by atoms with Crippen molar-refractivity contribution in [2.45, 2.75) is 6.92 Å². The first-order valence-electron chi connectivity index (χ1n) is 6.65. The van der Waals surface area contributed by atoms with Crippen molar-refractivity contribution in [3.63, 3.8) is 0 Å². The Morgan fingerprint density at radius 1 is 1.13 bits per heavy atom. The van der Waals surface area contributed by atoms with Crippen LogP contribution >= 0.6 is 11.6 Å². The molecule has 0 fully saturated rings. The maximum atomic E-state index is 11.7. The highest BCUT2D eigenvalue weighted by molar-refractivity contribution is 6.39. The Bertz CT molecular complexity index is 758. The van der Waals surface area contributed by atoms with E-state index in [4.69, 9.17) is 11.6 Å². The molecule has 6 nitrogen and oxygen atoms in total. The van der Waals surface area contributed by atoms with Crippen LogP contribution in [-0.4, -0.2) is 23.1 Å². The molecule has 0 saturated heterocycles. The fraction of sp³-hybridized carbons (Fsp3) is 0.0625. The summed E-state index contributed by atoms with van der Waals surface area (Å²) in [5, 5.41) is 16.1. The van der Waals surface area contributed by atoms with E-state index in [0.29, 0.717) is 16.3 Å². The first kappa shape index (κ1) is 16.5. The number of phenols is 1. The maximum absolute atomic E-state index is 11.7. The first-order chi connectivity index (χ1) is 11.0. The summed E-state index contributed by atoms with van der Waals surface area (Å²) in [5.41, 5.74) is 3.94. The zero-order valence-corrected chi connectivity index (χ0v) is 13.0.